The number of benzene rings is 1. The number of hydrogen-bond donors (Lipinski definition) is 1. The molecule has 4 rings (SSSR count). The Hall–Kier alpha value is -3.23. The molecular formula is C21H19F3N4O2. The Bertz CT molecular complexity index is 1060. The Morgan fingerprint density at radius 2 is 2.00 bits per heavy atom. The molecule has 0 aliphatic heterocycles. The lowest BCUT2D eigenvalue weighted by Crippen LogP contribution is -2.29. The molecule has 1 N–H and O–H groups in total. The topological polar surface area (TPSA) is 77.0 Å². The number of halogens is 3. The molecular weight excluding hydrogens is 397 g/mol. The minimum absolute atomic E-state index is 0.0750. The molecule has 2 heterocycles. The van der Waals surface area contributed by atoms with Gasteiger partial charge in [-0.25, -0.2) is 4.98 Å². The Morgan fingerprint density at radius 3 is 2.73 bits per heavy atom. The van der Waals surface area contributed by atoms with Crippen molar-refractivity contribution in [1.29, 1.82) is 0 Å². The number of ether oxygens (including phenoxy) is 1. The first-order valence-electron chi connectivity index (χ1n) is 9.48. The van der Waals surface area contributed by atoms with Crippen molar-refractivity contribution in [2.45, 2.75) is 31.5 Å². The zero-order chi connectivity index (χ0) is 21.3. The van der Waals surface area contributed by atoms with Crippen LogP contribution in [0.4, 0.5) is 13.2 Å². The molecule has 6 nitrogen and oxygen atoms in total. The van der Waals surface area contributed by atoms with Gasteiger partial charge in [0.05, 0.1) is 29.6 Å². The summed E-state index contributed by atoms with van der Waals surface area (Å²) in [5, 5.41) is 3.93. The maximum Gasteiger partial charge on any atom is 0.422 e. The summed E-state index contributed by atoms with van der Waals surface area (Å²) in [6.45, 7) is 0.309. The van der Waals surface area contributed by atoms with E-state index in [0.29, 0.717) is 5.69 Å². The summed E-state index contributed by atoms with van der Waals surface area (Å²) in [6.07, 6.45) is -1.31. The highest BCUT2D eigenvalue weighted by atomic mass is 19.4. The molecule has 1 saturated carbocycles. The lowest BCUT2D eigenvalue weighted by atomic mass is 10.1. The van der Waals surface area contributed by atoms with Crippen LogP contribution in [0.3, 0.4) is 0 Å². The molecule has 0 radical (unpaired) electrons. The van der Waals surface area contributed by atoms with Crippen molar-refractivity contribution in [1.82, 2.24) is 20.3 Å². The quantitative estimate of drug-likeness (QED) is 0.659. The van der Waals surface area contributed by atoms with Crippen LogP contribution in [0, 0.1) is 5.92 Å². The van der Waals surface area contributed by atoms with E-state index < -0.39 is 18.8 Å². The monoisotopic (exact) mass is 416 g/mol. The summed E-state index contributed by atoms with van der Waals surface area (Å²) in [7, 11) is 0. The number of rotatable bonds is 6. The van der Waals surface area contributed by atoms with E-state index >= 15 is 0 Å². The van der Waals surface area contributed by atoms with Crippen LogP contribution in [0.2, 0.25) is 0 Å². The Kier molecular flexibility index (Phi) is 5.27. The van der Waals surface area contributed by atoms with Crippen LogP contribution < -0.4 is 10.1 Å². The van der Waals surface area contributed by atoms with Crippen molar-refractivity contribution < 1.29 is 22.7 Å². The third-order valence-electron chi connectivity index (χ3n) is 4.96. The number of amides is 1. The molecule has 0 saturated heterocycles. The third kappa shape index (κ3) is 4.67. The van der Waals surface area contributed by atoms with Gasteiger partial charge in [-0.15, -0.1) is 0 Å². The van der Waals surface area contributed by atoms with E-state index in [1.165, 1.54) is 6.20 Å². The lowest BCUT2D eigenvalue weighted by Gasteiger charge is -2.14. The van der Waals surface area contributed by atoms with Gasteiger partial charge < -0.3 is 10.1 Å². The molecule has 1 amide bonds. The molecule has 2 aromatic heterocycles. The summed E-state index contributed by atoms with van der Waals surface area (Å²) in [6, 6.07) is 11.3. The number of alkyl halides is 3. The Labute approximate surface area is 170 Å². The standard InChI is InChI=1S/C21H19F3N4O2/c1-12(18-9-26-19(10-25-18)30-11-21(22,23)24)27-20(29)15-8-14(15)17-7-6-13-4-2-3-5-16(13)28-17/h2-7,9-10,12,14-15H,8,11H2,1H3,(H,27,29)/t12-,14?,15?/m1/s1. The van der Waals surface area contributed by atoms with Crippen LogP contribution >= 0.6 is 0 Å². The number of fused-ring (bicyclic) bond motifs is 1. The van der Waals surface area contributed by atoms with Crippen LogP contribution in [-0.2, 0) is 4.79 Å². The predicted molar refractivity (Wildman–Crippen MR) is 103 cm³/mol. The summed E-state index contributed by atoms with van der Waals surface area (Å²) in [4.78, 5) is 25.1. The van der Waals surface area contributed by atoms with Crippen LogP contribution in [0.25, 0.3) is 10.9 Å². The predicted octanol–water partition coefficient (Wildman–Crippen LogP) is 3.95. The van der Waals surface area contributed by atoms with E-state index in [4.69, 9.17) is 0 Å². The molecule has 0 spiro atoms. The number of para-hydroxylation sites is 1. The van der Waals surface area contributed by atoms with E-state index in [-0.39, 0.29) is 23.6 Å². The highest BCUT2D eigenvalue weighted by molar-refractivity contribution is 5.84. The molecule has 1 aromatic carbocycles. The summed E-state index contributed by atoms with van der Waals surface area (Å²) in [5.74, 6) is -0.421. The van der Waals surface area contributed by atoms with Gasteiger partial charge in [-0.1, -0.05) is 24.3 Å². The smallest absolute Gasteiger partial charge is 0.422 e. The van der Waals surface area contributed by atoms with E-state index in [2.05, 4.69) is 25.0 Å². The van der Waals surface area contributed by atoms with Gasteiger partial charge >= 0.3 is 6.18 Å². The number of carbonyl (C=O) groups excluding carboxylic acids is 1. The lowest BCUT2D eigenvalue weighted by molar-refractivity contribution is -0.154. The average molecular weight is 416 g/mol. The van der Waals surface area contributed by atoms with E-state index in [1.807, 2.05) is 36.4 Å². The fraction of sp³-hybridized carbons (Fsp3) is 0.333. The molecule has 1 aliphatic carbocycles. The summed E-state index contributed by atoms with van der Waals surface area (Å²) < 4.78 is 41.1. The molecule has 2 unspecified atom stereocenters. The van der Waals surface area contributed by atoms with E-state index in [0.717, 1.165) is 29.2 Å². The first kappa shape index (κ1) is 20.1. The Balaban J connectivity index is 1.33. The average Bonchev–Trinajstić information content (AvgIpc) is 3.53. The van der Waals surface area contributed by atoms with E-state index in [9.17, 15) is 18.0 Å². The van der Waals surface area contributed by atoms with Crippen LogP contribution in [-0.4, -0.2) is 33.6 Å². The van der Waals surface area contributed by atoms with Crippen molar-refractivity contribution in [3.63, 3.8) is 0 Å². The minimum Gasteiger partial charge on any atom is -0.467 e. The number of nitrogens with one attached hydrogen (secondary N) is 1. The van der Waals surface area contributed by atoms with Crippen LogP contribution in [0.15, 0.2) is 48.8 Å². The number of pyridine rings is 1. The molecule has 30 heavy (non-hydrogen) atoms. The second-order valence-corrected chi connectivity index (χ2v) is 7.29. The highest BCUT2D eigenvalue weighted by Crippen LogP contribution is 2.47. The summed E-state index contributed by atoms with van der Waals surface area (Å²) in [5.41, 5.74) is 2.23. The second-order valence-electron chi connectivity index (χ2n) is 7.29. The number of aromatic nitrogens is 3. The van der Waals surface area contributed by atoms with Gasteiger partial charge in [0.2, 0.25) is 11.8 Å². The second kappa shape index (κ2) is 7.89. The molecule has 1 fully saturated rings. The fourth-order valence-corrected chi connectivity index (χ4v) is 3.27. The molecule has 156 valence electrons. The van der Waals surface area contributed by atoms with Gasteiger partial charge in [0.1, 0.15) is 0 Å². The van der Waals surface area contributed by atoms with Crippen molar-refractivity contribution in [2.24, 2.45) is 5.92 Å². The number of carbonyl (C=O) groups is 1. The van der Waals surface area contributed by atoms with Gasteiger partial charge in [-0.2, -0.15) is 13.2 Å². The van der Waals surface area contributed by atoms with Gasteiger partial charge in [0, 0.05) is 22.9 Å². The highest BCUT2D eigenvalue weighted by Gasteiger charge is 2.45. The van der Waals surface area contributed by atoms with E-state index in [1.54, 1.807) is 6.92 Å². The van der Waals surface area contributed by atoms with Crippen molar-refractivity contribution in [2.75, 3.05) is 6.61 Å². The SMILES string of the molecule is C[C@@H](NC(=O)C1CC1c1ccc2ccccc2n1)c1cnc(OCC(F)(F)F)cn1. The largest absolute Gasteiger partial charge is 0.467 e. The third-order valence-corrected chi connectivity index (χ3v) is 4.96. The first-order valence-corrected chi connectivity index (χ1v) is 9.48. The van der Waals surface area contributed by atoms with Crippen LogP contribution in [0.5, 0.6) is 5.88 Å². The number of hydrogen-bond acceptors (Lipinski definition) is 5. The zero-order valence-electron chi connectivity index (χ0n) is 16.1. The van der Waals surface area contributed by atoms with Gasteiger partial charge in [0.15, 0.2) is 6.61 Å². The van der Waals surface area contributed by atoms with Gasteiger partial charge in [0.25, 0.3) is 0 Å². The van der Waals surface area contributed by atoms with Crippen molar-refractivity contribution >= 4 is 16.8 Å². The van der Waals surface area contributed by atoms with Crippen molar-refractivity contribution in [3.05, 3.63) is 60.2 Å². The normalized spacial score (nSPS) is 19.3. The molecule has 3 aromatic rings. The zero-order valence-corrected chi connectivity index (χ0v) is 16.1. The Morgan fingerprint density at radius 1 is 1.20 bits per heavy atom. The molecule has 1 aliphatic rings. The summed E-state index contributed by atoms with van der Waals surface area (Å²) >= 11 is 0. The van der Waals surface area contributed by atoms with Crippen molar-refractivity contribution in [3.8, 4) is 5.88 Å². The molecule has 0 bridgehead atoms. The van der Waals surface area contributed by atoms with Gasteiger partial charge in [-0.05, 0) is 25.5 Å². The fourth-order valence-electron chi connectivity index (χ4n) is 3.27. The maximum absolute atomic E-state index is 12.6. The van der Waals surface area contributed by atoms with Gasteiger partial charge in [-0.3, -0.25) is 14.8 Å². The molecule has 9 heteroatoms. The minimum atomic E-state index is -4.44. The first-order chi connectivity index (χ1) is 14.3. The number of nitrogens with zero attached hydrogens (tertiary/aromatic N) is 3. The van der Waals surface area contributed by atoms with Crippen LogP contribution in [0.1, 0.15) is 36.7 Å². The molecule has 3 atom stereocenters. The maximum atomic E-state index is 12.6.